The van der Waals surface area contributed by atoms with Gasteiger partial charge in [0, 0.05) is 17.0 Å². The van der Waals surface area contributed by atoms with E-state index >= 15 is 0 Å². The summed E-state index contributed by atoms with van der Waals surface area (Å²) in [5.74, 6) is 0. The Morgan fingerprint density at radius 3 is 2.57 bits per heavy atom. The second-order valence-corrected chi connectivity index (χ2v) is 4.10. The molecular formula is C13H11S+. The third kappa shape index (κ3) is 1.47. The van der Waals surface area contributed by atoms with Gasteiger partial charge in [-0.1, -0.05) is 31.4 Å². The van der Waals surface area contributed by atoms with Gasteiger partial charge in [-0.15, -0.1) is 0 Å². The summed E-state index contributed by atoms with van der Waals surface area (Å²) in [5, 5.41) is 1.26. The van der Waals surface area contributed by atoms with Crippen LogP contribution < -0.4 is 0 Å². The summed E-state index contributed by atoms with van der Waals surface area (Å²) in [6.07, 6.45) is 3.76. The zero-order valence-electron chi connectivity index (χ0n) is 7.86. The van der Waals surface area contributed by atoms with Gasteiger partial charge in [0.25, 0.3) is 0 Å². The molecule has 0 saturated heterocycles. The Morgan fingerprint density at radius 2 is 1.86 bits per heavy atom. The number of rotatable bonds is 2. The highest BCUT2D eigenvalue weighted by molar-refractivity contribution is 7.19. The topological polar surface area (TPSA) is 0 Å². The lowest BCUT2D eigenvalue weighted by Crippen LogP contribution is -1.77. The summed E-state index contributed by atoms with van der Waals surface area (Å²) < 4.78 is 1.29. The van der Waals surface area contributed by atoms with Gasteiger partial charge in [-0.25, -0.2) is 0 Å². The van der Waals surface area contributed by atoms with Gasteiger partial charge in [0.2, 0.25) is 20.9 Å². The molecule has 0 aliphatic rings. The Morgan fingerprint density at radius 1 is 1.07 bits per heavy atom. The number of benzene rings is 1. The first kappa shape index (κ1) is 9.10. The van der Waals surface area contributed by atoms with Crippen LogP contribution in [0.5, 0.6) is 0 Å². The van der Waals surface area contributed by atoms with Gasteiger partial charge in [-0.05, 0) is 18.2 Å². The molecule has 0 amide bonds. The molecule has 0 N–H and O–H groups in total. The molecule has 0 saturated carbocycles. The van der Waals surface area contributed by atoms with Crippen LogP contribution in [-0.4, -0.2) is 0 Å². The molecule has 1 aromatic carbocycles. The van der Waals surface area contributed by atoms with Crippen molar-refractivity contribution in [2.24, 2.45) is 0 Å². The van der Waals surface area contributed by atoms with Gasteiger partial charge in [0.1, 0.15) is 0 Å². The first-order chi connectivity index (χ1) is 6.85. The molecular weight excluding hydrogens is 188 g/mol. The molecule has 0 aliphatic carbocycles. The monoisotopic (exact) mass is 199 g/mol. The lowest BCUT2D eigenvalue weighted by atomic mass is 10.2. The van der Waals surface area contributed by atoms with Crippen molar-refractivity contribution in [1.29, 1.82) is 0 Å². The predicted molar refractivity (Wildman–Crippen MR) is 66.4 cm³/mol. The highest BCUT2D eigenvalue weighted by Gasteiger charge is 2.11. The summed E-state index contributed by atoms with van der Waals surface area (Å²) in [7, 11) is 0. The summed E-state index contributed by atoms with van der Waals surface area (Å²) in [4.78, 5) is 1.18. The fraction of sp³-hybridized carbons (Fsp3) is 0. The maximum absolute atomic E-state index is 3.81. The van der Waals surface area contributed by atoms with E-state index in [9.17, 15) is 0 Å². The number of fused-ring (bicyclic) bond motifs is 1. The molecule has 0 unspecified atom stereocenters. The second kappa shape index (κ2) is 3.72. The van der Waals surface area contributed by atoms with E-state index in [0.717, 1.165) is 5.56 Å². The molecule has 68 valence electrons. The Hall–Kier alpha value is -1.47. The minimum Gasteiger partial charge on any atom is -0.0983 e. The van der Waals surface area contributed by atoms with Crippen molar-refractivity contribution in [2.45, 2.75) is 0 Å². The van der Waals surface area contributed by atoms with Gasteiger partial charge in [-0.2, -0.15) is 0 Å². The summed E-state index contributed by atoms with van der Waals surface area (Å²) in [6.45, 7) is 7.61. The maximum Gasteiger partial charge on any atom is 0.238 e. The smallest absolute Gasteiger partial charge is 0.0983 e. The fourth-order valence-electron chi connectivity index (χ4n) is 1.43. The van der Waals surface area contributed by atoms with Crippen LogP contribution in [0.1, 0.15) is 10.4 Å². The molecule has 1 aromatic heterocycles. The van der Waals surface area contributed by atoms with E-state index in [1.54, 1.807) is 11.3 Å². The molecule has 14 heavy (non-hydrogen) atoms. The van der Waals surface area contributed by atoms with Crippen molar-refractivity contribution in [3.8, 4) is 0 Å². The van der Waals surface area contributed by atoms with Crippen LogP contribution in [0.2, 0.25) is 0 Å². The molecule has 0 radical (unpaired) electrons. The average molecular weight is 199 g/mol. The molecule has 0 bridgehead atoms. The van der Waals surface area contributed by atoms with E-state index in [4.69, 9.17) is 0 Å². The first-order valence-corrected chi connectivity index (χ1v) is 5.27. The minimum atomic E-state index is 1.16. The van der Waals surface area contributed by atoms with Crippen LogP contribution in [0, 0.1) is 0 Å². The first-order valence-electron chi connectivity index (χ1n) is 4.46. The van der Waals surface area contributed by atoms with Crippen molar-refractivity contribution < 1.29 is 0 Å². The third-order valence-electron chi connectivity index (χ3n) is 2.14. The van der Waals surface area contributed by atoms with Gasteiger partial charge in [-0.3, -0.25) is 0 Å². The standard InChI is InChI=1S/C13H11S/c1-3-10-9-11-7-5-6-8-13(11)14-12(10)4-2/h3-9H,1-2H2/q+1. The van der Waals surface area contributed by atoms with E-state index < -0.39 is 0 Å². The molecule has 0 atom stereocenters. The van der Waals surface area contributed by atoms with E-state index in [-0.39, 0.29) is 0 Å². The predicted octanol–water partition coefficient (Wildman–Crippen LogP) is 4.47. The highest BCUT2D eigenvalue weighted by atomic mass is 32.1. The summed E-state index contributed by atoms with van der Waals surface area (Å²) >= 11 is 1.75. The Bertz CT molecular complexity index is 451. The van der Waals surface area contributed by atoms with Crippen LogP contribution in [0.4, 0.5) is 0 Å². The van der Waals surface area contributed by atoms with E-state index in [2.05, 4.69) is 43.5 Å². The Balaban J connectivity index is 2.81. The van der Waals surface area contributed by atoms with Crippen LogP contribution in [-0.2, 0) is 0 Å². The van der Waals surface area contributed by atoms with Gasteiger partial charge < -0.3 is 0 Å². The largest absolute Gasteiger partial charge is 0.238 e. The molecule has 1 heteroatoms. The zero-order chi connectivity index (χ0) is 9.97. The fourth-order valence-corrected chi connectivity index (χ4v) is 2.40. The number of hydrogen-bond acceptors (Lipinski definition) is 0. The molecule has 2 aromatic rings. The second-order valence-electron chi connectivity index (χ2n) is 3.01. The average Bonchev–Trinajstić information content (AvgIpc) is 2.27. The van der Waals surface area contributed by atoms with Crippen molar-refractivity contribution in [2.75, 3.05) is 0 Å². The highest BCUT2D eigenvalue weighted by Crippen LogP contribution is 2.27. The summed E-state index contributed by atoms with van der Waals surface area (Å²) in [5.41, 5.74) is 1.16. The Kier molecular flexibility index (Phi) is 2.42. The summed E-state index contributed by atoms with van der Waals surface area (Å²) in [6, 6.07) is 10.5. The molecule has 1 heterocycles. The van der Waals surface area contributed by atoms with Gasteiger partial charge in [0.15, 0.2) is 0 Å². The van der Waals surface area contributed by atoms with Crippen LogP contribution in [0.15, 0.2) is 43.5 Å². The quantitative estimate of drug-likeness (QED) is 0.626. The zero-order valence-corrected chi connectivity index (χ0v) is 8.68. The molecule has 0 nitrogen and oxygen atoms in total. The van der Waals surface area contributed by atoms with Crippen molar-refractivity contribution in [3.63, 3.8) is 0 Å². The molecule has 0 aliphatic heterocycles. The van der Waals surface area contributed by atoms with Crippen LogP contribution >= 0.6 is 11.3 Å². The minimum absolute atomic E-state index is 1.16. The van der Waals surface area contributed by atoms with Crippen LogP contribution in [0.3, 0.4) is 0 Å². The van der Waals surface area contributed by atoms with E-state index in [1.807, 2.05) is 12.2 Å². The maximum atomic E-state index is 3.81. The van der Waals surface area contributed by atoms with Gasteiger partial charge >= 0.3 is 0 Å². The SMILES string of the molecule is C=Cc1cc2ccccc2[s+]c1C=C. The molecule has 0 spiro atoms. The van der Waals surface area contributed by atoms with Crippen molar-refractivity contribution in [3.05, 3.63) is 53.9 Å². The lowest BCUT2D eigenvalue weighted by molar-refractivity contribution is 1.77. The molecule has 0 fully saturated rings. The lowest BCUT2D eigenvalue weighted by Gasteiger charge is -1.93. The Labute approximate surface area is 87.8 Å². The van der Waals surface area contributed by atoms with E-state index in [1.165, 1.54) is 15.0 Å². The molecule has 2 rings (SSSR count). The van der Waals surface area contributed by atoms with Crippen molar-refractivity contribution in [1.82, 2.24) is 0 Å². The van der Waals surface area contributed by atoms with Gasteiger partial charge in [0.05, 0.1) is 0 Å². The van der Waals surface area contributed by atoms with E-state index in [0.29, 0.717) is 0 Å². The third-order valence-corrected chi connectivity index (χ3v) is 3.35. The normalized spacial score (nSPS) is 10.0. The number of hydrogen-bond donors (Lipinski definition) is 0. The van der Waals surface area contributed by atoms with Crippen molar-refractivity contribution >= 4 is 33.6 Å². The van der Waals surface area contributed by atoms with Crippen LogP contribution in [0.25, 0.3) is 22.2 Å².